The highest BCUT2D eigenvalue weighted by atomic mass is 16.7. The van der Waals surface area contributed by atoms with Gasteiger partial charge in [-0.3, -0.25) is 4.98 Å². The lowest BCUT2D eigenvalue weighted by Gasteiger charge is -2.32. The maximum atomic E-state index is 6.08. The number of pyridine rings is 1. The molecule has 1 fully saturated rings. The van der Waals surface area contributed by atoms with Gasteiger partial charge in [-0.25, -0.2) is 0 Å². The molecule has 27 heavy (non-hydrogen) atoms. The van der Waals surface area contributed by atoms with E-state index in [9.17, 15) is 0 Å². The molecule has 1 aliphatic heterocycles. The number of benzene rings is 1. The zero-order valence-corrected chi connectivity index (χ0v) is 17.3. The summed E-state index contributed by atoms with van der Waals surface area (Å²) in [5.41, 5.74) is 3.18. The first-order valence-electron chi connectivity index (χ1n) is 9.22. The summed E-state index contributed by atoms with van der Waals surface area (Å²) in [6.07, 6.45) is 1.81. The number of ether oxygens (including phenoxy) is 2. The number of hydrogen-bond donors (Lipinski definition) is 0. The summed E-state index contributed by atoms with van der Waals surface area (Å²) < 4.78 is 23.5. The summed E-state index contributed by atoms with van der Waals surface area (Å²) in [5, 5.41) is 0. The molecule has 0 atom stereocenters. The summed E-state index contributed by atoms with van der Waals surface area (Å²) in [6.45, 7) is 12.6. The average molecular weight is 369 g/mol. The van der Waals surface area contributed by atoms with E-state index in [1.807, 2.05) is 44.3 Å². The Kier molecular flexibility index (Phi) is 5.23. The average Bonchev–Trinajstić information content (AvgIpc) is 2.83. The molecule has 6 heteroatoms. The molecule has 0 spiro atoms. The Hall–Kier alpha value is -2.05. The Morgan fingerprint density at radius 1 is 1.00 bits per heavy atom. The van der Waals surface area contributed by atoms with Crippen LogP contribution in [0.25, 0.3) is 0 Å². The second-order valence-electron chi connectivity index (χ2n) is 7.99. The van der Waals surface area contributed by atoms with E-state index in [4.69, 9.17) is 18.8 Å². The number of rotatable bonds is 5. The quantitative estimate of drug-likeness (QED) is 0.754. The molecule has 0 amide bonds. The van der Waals surface area contributed by atoms with E-state index in [1.165, 1.54) is 0 Å². The van der Waals surface area contributed by atoms with Crippen molar-refractivity contribution >= 4 is 12.6 Å². The lowest BCUT2D eigenvalue weighted by atomic mass is 9.79. The van der Waals surface area contributed by atoms with Crippen molar-refractivity contribution < 1.29 is 18.8 Å². The molecular formula is C21H28BNO4. The van der Waals surface area contributed by atoms with Gasteiger partial charge >= 0.3 is 7.12 Å². The zero-order chi connectivity index (χ0) is 19.8. The molecule has 1 aliphatic rings. The predicted octanol–water partition coefficient (Wildman–Crippen LogP) is 3.59. The van der Waals surface area contributed by atoms with Gasteiger partial charge in [0.2, 0.25) is 0 Å². The minimum atomic E-state index is -0.366. The van der Waals surface area contributed by atoms with Crippen molar-refractivity contribution in [3.63, 3.8) is 0 Å². The van der Waals surface area contributed by atoms with Gasteiger partial charge in [-0.05, 0) is 59.1 Å². The lowest BCUT2D eigenvalue weighted by molar-refractivity contribution is 0.00578. The molecule has 0 aliphatic carbocycles. The van der Waals surface area contributed by atoms with Crippen LogP contribution in [-0.2, 0) is 15.9 Å². The van der Waals surface area contributed by atoms with Crippen molar-refractivity contribution in [2.45, 2.75) is 59.4 Å². The molecule has 0 N–H and O–H groups in total. The van der Waals surface area contributed by atoms with Crippen molar-refractivity contribution in [2.24, 2.45) is 0 Å². The topological polar surface area (TPSA) is 49.8 Å². The highest BCUT2D eigenvalue weighted by Gasteiger charge is 2.51. The van der Waals surface area contributed by atoms with Crippen LogP contribution >= 0.6 is 0 Å². The van der Waals surface area contributed by atoms with Gasteiger partial charge in [0.15, 0.2) is 0 Å². The Labute approximate surface area is 162 Å². The summed E-state index contributed by atoms with van der Waals surface area (Å²) in [5.74, 6) is 1.63. The Balaban J connectivity index is 1.67. The molecule has 5 nitrogen and oxygen atoms in total. The minimum absolute atomic E-state index is 0.347. The van der Waals surface area contributed by atoms with Crippen LogP contribution in [0.2, 0.25) is 0 Å². The van der Waals surface area contributed by atoms with Crippen LogP contribution in [0.15, 0.2) is 30.5 Å². The van der Waals surface area contributed by atoms with E-state index in [2.05, 4.69) is 32.7 Å². The third-order valence-electron chi connectivity index (χ3n) is 5.53. The fraction of sp³-hybridized carbons (Fsp3) is 0.476. The molecule has 0 radical (unpaired) electrons. The van der Waals surface area contributed by atoms with Crippen molar-refractivity contribution in [2.75, 3.05) is 7.11 Å². The minimum Gasteiger partial charge on any atom is -0.496 e. The number of aryl methyl sites for hydroxylation is 1. The first-order valence-corrected chi connectivity index (χ1v) is 9.22. The van der Waals surface area contributed by atoms with Crippen LogP contribution in [0.5, 0.6) is 11.5 Å². The Bertz CT molecular complexity index is 802. The van der Waals surface area contributed by atoms with Crippen LogP contribution < -0.4 is 14.9 Å². The fourth-order valence-corrected chi connectivity index (χ4v) is 3.07. The van der Waals surface area contributed by atoms with Crippen LogP contribution in [0, 0.1) is 13.8 Å². The van der Waals surface area contributed by atoms with Crippen molar-refractivity contribution in [1.29, 1.82) is 0 Å². The largest absolute Gasteiger partial charge is 0.496 e. The van der Waals surface area contributed by atoms with Crippen LogP contribution in [0.1, 0.15) is 44.5 Å². The molecule has 1 saturated heterocycles. The molecule has 2 aromatic rings. The molecule has 144 valence electrons. The Morgan fingerprint density at radius 3 is 2.15 bits per heavy atom. The van der Waals surface area contributed by atoms with Crippen LogP contribution in [0.3, 0.4) is 0 Å². The maximum absolute atomic E-state index is 6.08. The molecule has 2 heterocycles. The number of hydrogen-bond acceptors (Lipinski definition) is 5. The normalized spacial score (nSPS) is 17.8. The van der Waals surface area contributed by atoms with Gasteiger partial charge in [-0.2, -0.15) is 0 Å². The van der Waals surface area contributed by atoms with Gasteiger partial charge in [-0.15, -0.1) is 0 Å². The molecule has 0 unspecified atom stereocenters. The highest BCUT2D eigenvalue weighted by Crippen LogP contribution is 2.36. The van der Waals surface area contributed by atoms with Crippen LogP contribution in [-0.4, -0.2) is 30.4 Å². The van der Waals surface area contributed by atoms with E-state index < -0.39 is 0 Å². The van der Waals surface area contributed by atoms with Crippen molar-refractivity contribution in [3.05, 3.63) is 47.3 Å². The first kappa shape index (κ1) is 19.7. The van der Waals surface area contributed by atoms with Gasteiger partial charge < -0.3 is 18.8 Å². The van der Waals surface area contributed by atoms with E-state index in [1.54, 1.807) is 7.11 Å². The molecule has 3 rings (SSSR count). The number of aromatic nitrogens is 1. The number of nitrogens with zero attached hydrogens (tertiary/aromatic N) is 1. The zero-order valence-electron chi connectivity index (χ0n) is 17.3. The van der Waals surface area contributed by atoms with E-state index >= 15 is 0 Å². The van der Waals surface area contributed by atoms with Crippen molar-refractivity contribution in [1.82, 2.24) is 4.98 Å². The van der Waals surface area contributed by atoms with Gasteiger partial charge in [0.05, 0.1) is 24.0 Å². The van der Waals surface area contributed by atoms with Gasteiger partial charge in [-0.1, -0.05) is 12.1 Å². The van der Waals surface area contributed by atoms with Gasteiger partial charge in [0.25, 0.3) is 0 Å². The molecule has 1 aromatic heterocycles. The summed E-state index contributed by atoms with van der Waals surface area (Å²) in [4.78, 5) is 4.47. The smallest absolute Gasteiger partial charge is 0.494 e. The molecule has 0 bridgehead atoms. The summed E-state index contributed by atoms with van der Waals surface area (Å²) in [7, 11) is 1.31. The molecule has 1 aromatic carbocycles. The Morgan fingerprint density at radius 2 is 1.59 bits per heavy atom. The van der Waals surface area contributed by atoms with E-state index in [0.717, 1.165) is 33.8 Å². The highest BCUT2D eigenvalue weighted by molar-refractivity contribution is 6.62. The SMILES string of the molecule is COc1c(C)cnc(COc2ccc(B3OC(C)(C)C(C)(C)O3)cc2)c1C. The van der Waals surface area contributed by atoms with Crippen molar-refractivity contribution in [3.8, 4) is 11.5 Å². The standard InChI is InChI=1S/C21H28BNO4/c1-14-12-23-18(15(2)19(14)24-7)13-25-17-10-8-16(9-11-17)22-26-20(3,4)21(5,6)27-22/h8-12H,13H2,1-7H3. The van der Waals surface area contributed by atoms with E-state index in [0.29, 0.717) is 6.61 Å². The maximum Gasteiger partial charge on any atom is 0.494 e. The van der Waals surface area contributed by atoms with E-state index in [-0.39, 0.29) is 18.3 Å². The predicted molar refractivity (Wildman–Crippen MR) is 107 cm³/mol. The summed E-state index contributed by atoms with van der Waals surface area (Å²) >= 11 is 0. The second kappa shape index (κ2) is 7.17. The van der Waals surface area contributed by atoms with Gasteiger partial charge in [0.1, 0.15) is 18.1 Å². The third kappa shape index (κ3) is 3.82. The third-order valence-corrected chi connectivity index (χ3v) is 5.53. The lowest BCUT2D eigenvalue weighted by Crippen LogP contribution is -2.41. The van der Waals surface area contributed by atoms with Crippen LogP contribution in [0.4, 0.5) is 0 Å². The second-order valence-corrected chi connectivity index (χ2v) is 7.99. The first-order chi connectivity index (χ1) is 12.6. The van der Waals surface area contributed by atoms with Gasteiger partial charge in [0, 0.05) is 17.3 Å². The summed E-state index contributed by atoms with van der Waals surface area (Å²) in [6, 6.07) is 7.82. The number of methoxy groups -OCH3 is 1. The molecule has 0 saturated carbocycles. The fourth-order valence-electron chi connectivity index (χ4n) is 3.07. The monoisotopic (exact) mass is 369 g/mol. The molecular weight excluding hydrogens is 341 g/mol.